The van der Waals surface area contributed by atoms with Crippen LogP contribution in [0.15, 0.2) is 6.33 Å². The van der Waals surface area contributed by atoms with E-state index in [0.29, 0.717) is 11.4 Å². The first-order chi connectivity index (χ1) is 9.29. The number of nitrogens with zero attached hydrogens (tertiary/aromatic N) is 2. The molecule has 0 amide bonds. The van der Waals surface area contributed by atoms with Crippen molar-refractivity contribution in [2.24, 2.45) is 0 Å². The fourth-order valence-corrected chi connectivity index (χ4v) is 1.94. The van der Waals surface area contributed by atoms with Crippen molar-refractivity contribution in [2.45, 2.75) is 52.4 Å². The second kappa shape index (κ2) is 6.37. The molecular formula is C13H20ClN3O3. The van der Waals surface area contributed by atoms with Gasteiger partial charge in [-0.1, -0.05) is 25.4 Å². The Morgan fingerprint density at radius 3 is 2.50 bits per heavy atom. The van der Waals surface area contributed by atoms with Crippen molar-refractivity contribution in [3.05, 3.63) is 17.0 Å². The number of aliphatic hydroxyl groups excluding tert-OH is 1. The maximum Gasteiger partial charge on any atom is 0.332 e. The molecule has 7 heteroatoms. The highest BCUT2D eigenvalue weighted by Crippen LogP contribution is 2.37. The molecule has 0 bridgehead atoms. The number of aromatic nitrogens is 2. The molecule has 2 unspecified atom stereocenters. The third-order valence-corrected chi connectivity index (χ3v) is 2.70. The SMILES string of the molecule is CC.CC(C)(C)OC(=O)C1Nc2ncnc(Cl)c2C1O. The summed E-state index contributed by atoms with van der Waals surface area (Å²) in [6.07, 6.45) is 0.154. The number of carbonyl (C=O) groups excluding carboxylic acids is 1. The van der Waals surface area contributed by atoms with Crippen LogP contribution in [0.4, 0.5) is 5.82 Å². The van der Waals surface area contributed by atoms with E-state index < -0.39 is 23.7 Å². The second-order valence-corrected chi connectivity index (χ2v) is 5.39. The zero-order valence-electron chi connectivity index (χ0n) is 12.3. The van der Waals surface area contributed by atoms with E-state index in [2.05, 4.69) is 15.3 Å². The summed E-state index contributed by atoms with van der Waals surface area (Å²) in [5, 5.41) is 13.0. The second-order valence-electron chi connectivity index (χ2n) is 5.03. The minimum absolute atomic E-state index is 0.131. The number of carbonyl (C=O) groups is 1. The summed E-state index contributed by atoms with van der Waals surface area (Å²) in [4.78, 5) is 19.6. The smallest absolute Gasteiger partial charge is 0.332 e. The standard InChI is InChI=1S/C11H14ClN3O3.C2H6/c1-11(2,3)18-10(17)6-7(16)5-8(12)13-4-14-9(5)15-6;1-2/h4,6-7,16H,1-3H3,(H,13,14,15);1-2H3. The number of fused-ring (bicyclic) bond motifs is 1. The van der Waals surface area contributed by atoms with E-state index in [1.165, 1.54) is 6.33 Å². The molecule has 0 radical (unpaired) electrons. The molecule has 0 aliphatic carbocycles. The fraction of sp³-hybridized carbons (Fsp3) is 0.615. The molecule has 2 rings (SSSR count). The maximum absolute atomic E-state index is 11.9. The van der Waals surface area contributed by atoms with Crippen LogP contribution in [0, 0.1) is 0 Å². The summed E-state index contributed by atoms with van der Waals surface area (Å²) in [6.45, 7) is 9.27. The van der Waals surface area contributed by atoms with Crippen molar-refractivity contribution in [1.82, 2.24) is 9.97 Å². The van der Waals surface area contributed by atoms with Crippen molar-refractivity contribution in [3.63, 3.8) is 0 Å². The predicted octanol–water partition coefficient (Wildman–Crippen LogP) is 2.33. The normalized spacial score (nSPS) is 20.4. The highest BCUT2D eigenvalue weighted by Gasteiger charge is 2.41. The van der Waals surface area contributed by atoms with Crippen LogP contribution >= 0.6 is 11.6 Å². The first kappa shape index (κ1) is 16.7. The highest BCUT2D eigenvalue weighted by atomic mass is 35.5. The van der Waals surface area contributed by atoms with Crippen molar-refractivity contribution in [1.29, 1.82) is 0 Å². The Morgan fingerprint density at radius 2 is 2.00 bits per heavy atom. The van der Waals surface area contributed by atoms with Crippen LogP contribution in [0.25, 0.3) is 0 Å². The van der Waals surface area contributed by atoms with Gasteiger partial charge in [-0.25, -0.2) is 14.8 Å². The van der Waals surface area contributed by atoms with E-state index >= 15 is 0 Å². The van der Waals surface area contributed by atoms with Gasteiger partial charge in [0.2, 0.25) is 0 Å². The summed E-state index contributed by atoms with van der Waals surface area (Å²) in [6, 6.07) is -0.909. The van der Waals surface area contributed by atoms with Gasteiger partial charge in [0.15, 0.2) is 6.04 Å². The topological polar surface area (TPSA) is 84.3 Å². The lowest BCUT2D eigenvalue weighted by atomic mass is 10.1. The Bertz CT molecular complexity index is 488. The van der Waals surface area contributed by atoms with Gasteiger partial charge in [0.05, 0.1) is 5.56 Å². The number of hydrogen-bond acceptors (Lipinski definition) is 6. The van der Waals surface area contributed by atoms with E-state index in [4.69, 9.17) is 16.3 Å². The molecule has 6 nitrogen and oxygen atoms in total. The Kier molecular flexibility index (Phi) is 5.30. The van der Waals surface area contributed by atoms with Crippen LogP contribution in [0.5, 0.6) is 0 Å². The van der Waals surface area contributed by atoms with Crippen LogP contribution in [0.1, 0.15) is 46.3 Å². The molecule has 2 N–H and O–H groups in total. The molecule has 2 atom stereocenters. The number of halogens is 1. The minimum atomic E-state index is -1.11. The zero-order valence-corrected chi connectivity index (χ0v) is 13.0. The van der Waals surface area contributed by atoms with Crippen LogP contribution in [-0.4, -0.2) is 32.7 Å². The lowest BCUT2D eigenvalue weighted by molar-refractivity contribution is -0.158. The third-order valence-electron chi connectivity index (χ3n) is 2.40. The number of ether oxygens (including phenoxy) is 1. The number of anilines is 1. The summed E-state index contributed by atoms with van der Waals surface area (Å²) in [5.74, 6) is -0.192. The molecule has 1 aromatic rings. The van der Waals surface area contributed by atoms with Crippen molar-refractivity contribution >= 4 is 23.4 Å². The lowest BCUT2D eigenvalue weighted by Crippen LogP contribution is -2.37. The Hall–Kier alpha value is -1.40. The fourth-order valence-electron chi connectivity index (χ4n) is 1.70. The van der Waals surface area contributed by atoms with E-state index in [-0.39, 0.29) is 5.15 Å². The molecule has 2 heterocycles. The van der Waals surface area contributed by atoms with Crippen LogP contribution in [-0.2, 0) is 9.53 Å². The molecule has 0 aromatic carbocycles. The van der Waals surface area contributed by atoms with E-state index in [1.807, 2.05) is 13.8 Å². The Balaban J connectivity index is 0.000000956. The molecular weight excluding hydrogens is 282 g/mol. The highest BCUT2D eigenvalue weighted by molar-refractivity contribution is 6.30. The summed E-state index contributed by atoms with van der Waals surface area (Å²) in [5.41, 5.74) is -0.294. The van der Waals surface area contributed by atoms with Crippen LogP contribution < -0.4 is 5.32 Å². The first-order valence-electron chi connectivity index (χ1n) is 6.47. The molecule has 1 aliphatic rings. The predicted molar refractivity (Wildman–Crippen MR) is 76.6 cm³/mol. The molecule has 1 aliphatic heterocycles. The van der Waals surface area contributed by atoms with Gasteiger partial charge in [-0.15, -0.1) is 0 Å². The maximum atomic E-state index is 11.9. The van der Waals surface area contributed by atoms with Gasteiger partial charge in [-0.3, -0.25) is 0 Å². The average molecular weight is 302 g/mol. The quantitative estimate of drug-likeness (QED) is 0.612. The molecule has 0 spiro atoms. The summed E-state index contributed by atoms with van der Waals surface area (Å²) < 4.78 is 5.21. The zero-order chi connectivity index (χ0) is 15.5. The third kappa shape index (κ3) is 3.58. The van der Waals surface area contributed by atoms with E-state index in [0.717, 1.165) is 0 Å². The van der Waals surface area contributed by atoms with Gasteiger partial charge >= 0.3 is 5.97 Å². The summed E-state index contributed by atoms with van der Waals surface area (Å²) in [7, 11) is 0. The van der Waals surface area contributed by atoms with Crippen molar-refractivity contribution < 1.29 is 14.6 Å². The molecule has 0 saturated carbocycles. The molecule has 1 aromatic heterocycles. The number of aliphatic hydroxyl groups is 1. The van der Waals surface area contributed by atoms with Gasteiger partial charge in [0.1, 0.15) is 29.0 Å². The molecule has 112 valence electrons. The number of hydrogen-bond donors (Lipinski definition) is 2. The monoisotopic (exact) mass is 301 g/mol. The van der Waals surface area contributed by atoms with Crippen molar-refractivity contribution in [3.8, 4) is 0 Å². The first-order valence-corrected chi connectivity index (χ1v) is 6.85. The largest absolute Gasteiger partial charge is 0.458 e. The molecule has 0 fully saturated rings. The average Bonchev–Trinajstić information content (AvgIpc) is 2.69. The van der Waals surface area contributed by atoms with Crippen molar-refractivity contribution in [2.75, 3.05) is 5.32 Å². The molecule has 0 saturated heterocycles. The van der Waals surface area contributed by atoms with Crippen LogP contribution in [0.3, 0.4) is 0 Å². The Morgan fingerprint density at radius 1 is 1.40 bits per heavy atom. The molecule has 20 heavy (non-hydrogen) atoms. The van der Waals surface area contributed by atoms with Gasteiger partial charge in [-0.2, -0.15) is 0 Å². The number of rotatable bonds is 1. The van der Waals surface area contributed by atoms with Crippen LogP contribution in [0.2, 0.25) is 5.15 Å². The Labute approximate surface area is 123 Å². The summed E-state index contributed by atoms with van der Waals surface area (Å²) >= 11 is 5.86. The van der Waals surface area contributed by atoms with Gasteiger partial charge < -0.3 is 15.2 Å². The lowest BCUT2D eigenvalue weighted by Gasteiger charge is -2.23. The van der Waals surface area contributed by atoms with Gasteiger partial charge in [0.25, 0.3) is 0 Å². The minimum Gasteiger partial charge on any atom is -0.458 e. The number of nitrogens with one attached hydrogen (secondary N) is 1. The van der Waals surface area contributed by atoms with E-state index in [1.54, 1.807) is 20.8 Å². The van der Waals surface area contributed by atoms with E-state index in [9.17, 15) is 9.90 Å². The van der Waals surface area contributed by atoms with Gasteiger partial charge in [-0.05, 0) is 20.8 Å². The number of esters is 1. The van der Waals surface area contributed by atoms with Gasteiger partial charge in [0, 0.05) is 0 Å².